The zero-order chi connectivity index (χ0) is 14.1. The molecule has 0 saturated carbocycles. The summed E-state index contributed by atoms with van der Waals surface area (Å²) in [5.41, 5.74) is 8.63. The Morgan fingerprint density at radius 1 is 1.20 bits per heavy atom. The van der Waals surface area contributed by atoms with Crippen LogP contribution in [-0.4, -0.2) is 28.5 Å². The molecule has 0 aliphatic heterocycles. The minimum atomic E-state index is 0.447. The molecule has 0 fully saturated rings. The molecule has 2 aromatic heterocycles. The van der Waals surface area contributed by atoms with Gasteiger partial charge in [0.1, 0.15) is 5.82 Å². The van der Waals surface area contributed by atoms with E-state index in [0.29, 0.717) is 11.6 Å². The number of rotatable bonds is 3. The monoisotopic (exact) mass is 268 g/mol. The third kappa shape index (κ3) is 2.23. The summed E-state index contributed by atoms with van der Waals surface area (Å²) < 4.78 is 1.85. The van der Waals surface area contributed by atoms with Crippen molar-refractivity contribution < 1.29 is 0 Å². The molecule has 102 valence electrons. The number of benzene rings is 1. The number of imidazole rings is 1. The first-order chi connectivity index (χ1) is 9.63. The van der Waals surface area contributed by atoms with E-state index in [1.54, 1.807) is 12.4 Å². The highest BCUT2D eigenvalue weighted by Gasteiger charge is 2.06. The lowest BCUT2D eigenvalue weighted by Gasteiger charge is -2.13. The van der Waals surface area contributed by atoms with Gasteiger partial charge in [0.2, 0.25) is 0 Å². The van der Waals surface area contributed by atoms with E-state index in [2.05, 4.69) is 20.2 Å². The fourth-order valence-electron chi connectivity index (χ4n) is 2.01. The van der Waals surface area contributed by atoms with Gasteiger partial charge in [-0.3, -0.25) is 0 Å². The lowest BCUT2D eigenvalue weighted by Crippen LogP contribution is -2.08. The summed E-state index contributed by atoms with van der Waals surface area (Å²) in [7, 11) is 4.02. The first-order valence-corrected chi connectivity index (χ1v) is 6.27. The number of hydrogen-bond donors (Lipinski definition) is 2. The molecule has 0 aliphatic carbocycles. The quantitative estimate of drug-likeness (QED) is 0.761. The summed E-state index contributed by atoms with van der Waals surface area (Å²) in [5.74, 6) is 1.09. The Bertz CT molecular complexity index is 729. The van der Waals surface area contributed by atoms with E-state index >= 15 is 0 Å². The molecule has 6 heteroatoms. The van der Waals surface area contributed by atoms with Crippen molar-refractivity contribution in [2.75, 3.05) is 30.0 Å². The van der Waals surface area contributed by atoms with E-state index in [9.17, 15) is 0 Å². The van der Waals surface area contributed by atoms with Gasteiger partial charge in [-0.15, -0.1) is 0 Å². The van der Waals surface area contributed by atoms with Gasteiger partial charge >= 0.3 is 0 Å². The Morgan fingerprint density at radius 3 is 2.65 bits per heavy atom. The zero-order valence-corrected chi connectivity index (χ0v) is 11.4. The van der Waals surface area contributed by atoms with Crippen LogP contribution in [0.25, 0.3) is 5.65 Å². The van der Waals surface area contributed by atoms with Crippen molar-refractivity contribution in [1.82, 2.24) is 14.4 Å². The van der Waals surface area contributed by atoms with E-state index < -0.39 is 0 Å². The number of fused-ring (bicyclic) bond motifs is 1. The van der Waals surface area contributed by atoms with Crippen LogP contribution in [0.4, 0.5) is 23.0 Å². The molecule has 1 aromatic carbocycles. The smallest absolute Gasteiger partial charge is 0.180 e. The molecule has 0 spiro atoms. The summed E-state index contributed by atoms with van der Waals surface area (Å²) in [6.07, 6.45) is 5.30. The third-order valence-corrected chi connectivity index (χ3v) is 3.04. The minimum Gasteiger partial charge on any atom is -0.382 e. The lowest BCUT2D eigenvalue weighted by atomic mass is 10.2. The second-order valence-corrected chi connectivity index (χ2v) is 4.74. The average Bonchev–Trinajstić information content (AvgIpc) is 2.87. The van der Waals surface area contributed by atoms with Gasteiger partial charge in [0.05, 0.1) is 6.20 Å². The largest absolute Gasteiger partial charge is 0.382 e. The molecule has 0 bridgehead atoms. The zero-order valence-electron chi connectivity index (χ0n) is 11.4. The van der Waals surface area contributed by atoms with Crippen molar-refractivity contribution in [3.63, 3.8) is 0 Å². The molecule has 0 radical (unpaired) electrons. The molecule has 6 nitrogen and oxygen atoms in total. The standard InChI is InChI=1S/C14H16N6/c1-19(2)11-5-3-10(4-6-11)17-13-14-16-7-8-20(14)9-12(15)18-13/h3-9H,15H2,1-2H3,(H,17,18). The van der Waals surface area contributed by atoms with Gasteiger partial charge in [-0.25, -0.2) is 9.97 Å². The summed E-state index contributed by atoms with van der Waals surface area (Å²) in [4.78, 5) is 10.6. The predicted molar refractivity (Wildman–Crippen MR) is 81.5 cm³/mol. The van der Waals surface area contributed by atoms with E-state index in [1.165, 1.54) is 0 Å². The molecule has 3 rings (SSSR count). The highest BCUT2D eigenvalue weighted by molar-refractivity contribution is 5.72. The number of nitrogens with zero attached hydrogens (tertiary/aromatic N) is 4. The third-order valence-electron chi connectivity index (χ3n) is 3.04. The molecule has 3 aromatic rings. The van der Waals surface area contributed by atoms with Crippen LogP contribution in [0.5, 0.6) is 0 Å². The van der Waals surface area contributed by atoms with Gasteiger partial charge in [0.15, 0.2) is 11.5 Å². The fourth-order valence-corrected chi connectivity index (χ4v) is 2.01. The maximum absolute atomic E-state index is 5.79. The molecule has 20 heavy (non-hydrogen) atoms. The topological polar surface area (TPSA) is 71.5 Å². The number of anilines is 4. The van der Waals surface area contributed by atoms with Gasteiger partial charge in [0, 0.05) is 37.9 Å². The molecule has 0 unspecified atom stereocenters. The van der Waals surface area contributed by atoms with Crippen LogP contribution in [-0.2, 0) is 0 Å². The van der Waals surface area contributed by atoms with Crippen LogP contribution < -0.4 is 16.0 Å². The van der Waals surface area contributed by atoms with Gasteiger partial charge in [-0.1, -0.05) is 0 Å². The number of aromatic nitrogens is 3. The number of nitrogens with one attached hydrogen (secondary N) is 1. The minimum absolute atomic E-state index is 0.447. The van der Waals surface area contributed by atoms with E-state index in [4.69, 9.17) is 5.73 Å². The molecule has 0 saturated heterocycles. The highest BCUT2D eigenvalue weighted by atomic mass is 15.1. The van der Waals surface area contributed by atoms with Crippen molar-refractivity contribution in [3.05, 3.63) is 42.9 Å². The first kappa shape index (κ1) is 12.3. The predicted octanol–water partition coefficient (Wildman–Crippen LogP) is 2.12. The Morgan fingerprint density at radius 2 is 1.95 bits per heavy atom. The van der Waals surface area contributed by atoms with Gasteiger partial charge < -0.3 is 20.4 Å². The molecule has 0 aliphatic rings. The fraction of sp³-hybridized carbons (Fsp3) is 0.143. The summed E-state index contributed by atoms with van der Waals surface area (Å²) in [5, 5.41) is 3.25. The van der Waals surface area contributed by atoms with Gasteiger partial charge in [0.25, 0.3) is 0 Å². The Hall–Kier alpha value is -2.76. The normalized spacial score (nSPS) is 10.7. The van der Waals surface area contributed by atoms with Crippen molar-refractivity contribution >= 4 is 28.7 Å². The average molecular weight is 268 g/mol. The second-order valence-electron chi connectivity index (χ2n) is 4.74. The molecule has 0 atom stereocenters. The van der Waals surface area contributed by atoms with Crippen molar-refractivity contribution in [3.8, 4) is 0 Å². The number of nitrogens with two attached hydrogens (primary N) is 1. The first-order valence-electron chi connectivity index (χ1n) is 6.27. The Labute approximate surface area is 116 Å². The van der Waals surface area contributed by atoms with Crippen molar-refractivity contribution in [1.29, 1.82) is 0 Å². The molecule has 3 N–H and O–H groups in total. The van der Waals surface area contributed by atoms with Crippen LogP contribution >= 0.6 is 0 Å². The van der Waals surface area contributed by atoms with Gasteiger partial charge in [-0.05, 0) is 24.3 Å². The Balaban J connectivity index is 1.94. The Kier molecular flexibility index (Phi) is 2.90. The van der Waals surface area contributed by atoms with E-state index in [1.807, 2.05) is 49.0 Å². The second kappa shape index (κ2) is 4.73. The van der Waals surface area contributed by atoms with E-state index in [0.717, 1.165) is 17.0 Å². The SMILES string of the molecule is CN(C)c1ccc(Nc2nc(N)cn3ccnc23)cc1. The lowest BCUT2D eigenvalue weighted by molar-refractivity contribution is 1.13. The molecular formula is C14H16N6. The molecule has 2 heterocycles. The van der Waals surface area contributed by atoms with Crippen LogP contribution in [0.3, 0.4) is 0 Å². The summed E-state index contributed by atoms with van der Waals surface area (Å²) in [6.45, 7) is 0. The van der Waals surface area contributed by atoms with Crippen molar-refractivity contribution in [2.45, 2.75) is 0 Å². The highest BCUT2D eigenvalue weighted by Crippen LogP contribution is 2.22. The maximum Gasteiger partial charge on any atom is 0.180 e. The van der Waals surface area contributed by atoms with Crippen molar-refractivity contribution in [2.24, 2.45) is 0 Å². The van der Waals surface area contributed by atoms with Gasteiger partial charge in [-0.2, -0.15) is 0 Å². The number of hydrogen-bond acceptors (Lipinski definition) is 5. The van der Waals surface area contributed by atoms with E-state index in [-0.39, 0.29) is 0 Å². The molecular weight excluding hydrogens is 252 g/mol. The van der Waals surface area contributed by atoms with Crippen LogP contribution in [0.15, 0.2) is 42.9 Å². The summed E-state index contributed by atoms with van der Waals surface area (Å²) in [6, 6.07) is 8.08. The number of nitrogen functional groups attached to an aromatic ring is 1. The maximum atomic E-state index is 5.79. The van der Waals surface area contributed by atoms with Crippen LogP contribution in [0, 0.1) is 0 Å². The summed E-state index contributed by atoms with van der Waals surface area (Å²) >= 11 is 0. The van der Waals surface area contributed by atoms with Crippen LogP contribution in [0.2, 0.25) is 0 Å². The molecule has 0 amide bonds. The van der Waals surface area contributed by atoms with Crippen LogP contribution in [0.1, 0.15) is 0 Å².